The SMILES string of the molecule is Nc1nn2cc(F)cnc2c1C(=O)Nc1cncc(Cl)c1N1CCC(C(=O)N2CCN3CCC2CC3)CC1. The van der Waals surface area contributed by atoms with Crippen LogP contribution in [0, 0.1) is 11.7 Å². The Morgan fingerprint density at radius 1 is 1.03 bits per heavy atom. The molecule has 3 N–H and O–H groups in total. The summed E-state index contributed by atoms with van der Waals surface area (Å²) in [5.74, 6) is -0.993. The molecule has 11 nitrogen and oxygen atoms in total. The highest BCUT2D eigenvalue weighted by Gasteiger charge is 2.36. The van der Waals surface area contributed by atoms with Crippen molar-refractivity contribution in [2.24, 2.45) is 5.92 Å². The van der Waals surface area contributed by atoms with Gasteiger partial charge in [-0.05, 0) is 25.7 Å². The smallest absolute Gasteiger partial charge is 0.263 e. The van der Waals surface area contributed by atoms with Gasteiger partial charge in [0.15, 0.2) is 17.3 Å². The second kappa shape index (κ2) is 9.99. The second-order valence-corrected chi connectivity index (χ2v) is 10.5. The van der Waals surface area contributed by atoms with Gasteiger partial charge in [-0.1, -0.05) is 11.6 Å². The number of aromatic nitrogens is 4. The van der Waals surface area contributed by atoms with Gasteiger partial charge in [-0.25, -0.2) is 13.9 Å². The summed E-state index contributed by atoms with van der Waals surface area (Å²) in [6.07, 6.45) is 8.67. The van der Waals surface area contributed by atoms with Crippen molar-refractivity contribution in [2.45, 2.75) is 31.7 Å². The van der Waals surface area contributed by atoms with Crippen LogP contribution >= 0.6 is 11.6 Å². The predicted molar refractivity (Wildman–Crippen MR) is 141 cm³/mol. The average Bonchev–Trinajstić information content (AvgIpc) is 3.03. The van der Waals surface area contributed by atoms with E-state index in [1.54, 1.807) is 0 Å². The molecule has 7 heterocycles. The maximum Gasteiger partial charge on any atom is 0.263 e. The zero-order valence-electron chi connectivity index (χ0n) is 20.8. The number of nitrogens with one attached hydrogen (secondary N) is 1. The summed E-state index contributed by atoms with van der Waals surface area (Å²) in [5.41, 5.74) is 7.17. The van der Waals surface area contributed by atoms with Crippen molar-refractivity contribution in [3.63, 3.8) is 0 Å². The van der Waals surface area contributed by atoms with Crippen LogP contribution in [0.4, 0.5) is 21.6 Å². The minimum atomic E-state index is -0.601. The Morgan fingerprint density at radius 3 is 2.55 bits per heavy atom. The predicted octanol–water partition coefficient (Wildman–Crippen LogP) is 2.27. The molecular weight excluding hydrogens is 513 g/mol. The van der Waals surface area contributed by atoms with Crippen LogP contribution < -0.4 is 16.0 Å². The molecule has 3 aromatic heterocycles. The van der Waals surface area contributed by atoms with Crippen molar-refractivity contribution in [1.29, 1.82) is 0 Å². The van der Waals surface area contributed by atoms with Crippen LogP contribution in [0.2, 0.25) is 5.02 Å². The fraction of sp³-hybridized carbons (Fsp3) is 0.480. The van der Waals surface area contributed by atoms with Crippen LogP contribution in [0.3, 0.4) is 0 Å². The first kappa shape index (κ1) is 24.8. The summed E-state index contributed by atoms with van der Waals surface area (Å²) >= 11 is 6.57. The Morgan fingerprint density at radius 2 is 1.79 bits per heavy atom. The van der Waals surface area contributed by atoms with E-state index in [4.69, 9.17) is 17.3 Å². The number of fused-ring (bicyclic) bond motifs is 5. The van der Waals surface area contributed by atoms with Gasteiger partial charge in [-0.2, -0.15) is 0 Å². The number of nitrogens with two attached hydrogens (primary N) is 1. The summed E-state index contributed by atoms with van der Waals surface area (Å²) in [4.78, 5) is 41.5. The van der Waals surface area contributed by atoms with E-state index in [0.29, 0.717) is 48.4 Å². The molecule has 0 atom stereocenters. The number of pyridine rings is 1. The first-order valence-electron chi connectivity index (χ1n) is 12.9. The third-order valence-electron chi connectivity index (χ3n) is 7.91. The molecule has 0 unspecified atom stereocenters. The van der Waals surface area contributed by atoms with Gasteiger partial charge in [0.2, 0.25) is 5.91 Å². The van der Waals surface area contributed by atoms with Gasteiger partial charge >= 0.3 is 0 Å². The molecule has 2 amide bonds. The normalized spacial score (nSPS) is 22.1. The lowest BCUT2D eigenvalue weighted by Crippen LogP contribution is -2.47. The molecule has 4 aliphatic rings. The highest BCUT2D eigenvalue weighted by atomic mass is 35.5. The molecule has 0 spiro atoms. The first-order valence-corrected chi connectivity index (χ1v) is 13.3. The van der Waals surface area contributed by atoms with Crippen LogP contribution in [0.5, 0.6) is 0 Å². The number of halogens is 2. The van der Waals surface area contributed by atoms with Gasteiger partial charge in [-0.15, -0.1) is 5.10 Å². The summed E-state index contributed by atoms with van der Waals surface area (Å²) in [6.45, 7) is 5.16. The van der Waals surface area contributed by atoms with Gasteiger partial charge in [-0.3, -0.25) is 14.6 Å². The van der Waals surface area contributed by atoms with E-state index in [0.717, 1.165) is 55.9 Å². The number of anilines is 3. The maximum absolute atomic E-state index is 13.6. The summed E-state index contributed by atoms with van der Waals surface area (Å²) < 4.78 is 14.7. The van der Waals surface area contributed by atoms with Gasteiger partial charge in [0.1, 0.15) is 5.56 Å². The lowest BCUT2D eigenvalue weighted by atomic mass is 9.93. The zero-order chi connectivity index (χ0) is 26.4. The molecule has 38 heavy (non-hydrogen) atoms. The Balaban J connectivity index is 1.18. The third kappa shape index (κ3) is 4.51. The van der Waals surface area contributed by atoms with E-state index < -0.39 is 11.7 Å². The van der Waals surface area contributed by atoms with Crippen molar-refractivity contribution >= 4 is 46.3 Å². The Labute approximate surface area is 223 Å². The fourth-order valence-electron chi connectivity index (χ4n) is 5.93. The number of amides is 2. The van der Waals surface area contributed by atoms with Gasteiger partial charge in [0, 0.05) is 57.4 Å². The number of rotatable bonds is 4. The lowest BCUT2D eigenvalue weighted by molar-refractivity contribution is -0.138. The van der Waals surface area contributed by atoms with Crippen molar-refractivity contribution < 1.29 is 14.0 Å². The summed E-state index contributed by atoms with van der Waals surface area (Å²) in [7, 11) is 0. The number of carbonyl (C=O) groups is 2. The molecule has 200 valence electrons. The minimum absolute atomic E-state index is 0.0258. The number of piperidine rings is 2. The Kier molecular flexibility index (Phi) is 6.52. The molecule has 4 aliphatic heterocycles. The molecule has 4 fully saturated rings. The zero-order valence-corrected chi connectivity index (χ0v) is 21.6. The van der Waals surface area contributed by atoms with Gasteiger partial charge < -0.3 is 25.8 Å². The van der Waals surface area contributed by atoms with Crippen molar-refractivity contribution in [1.82, 2.24) is 29.4 Å². The largest absolute Gasteiger partial charge is 0.381 e. The standard InChI is InChI=1S/C25H29ClFN9O2/c26-18-12-29-13-19(31-24(37)20-22(28)32-36-14-16(27)11-30-23(20)36)21(18)34-7-1-15(2-8-34)25(38)35-10-9-33-5-3-17(35)4-6-33/h11-15,17H,1-10H2,(H2,28,32)(H,31,37). The first-order chi connectivity index (χ1) is 18.4. The average molecular weight is 542 g/mol. The van der Waals surface area contributed by atoms with Crippen LogP contribution in [0.25, 0.3) is 5.65 Å². The molecular formula is C25H29ClFN9O2. The number of nitrogen functional groups attached to an aromatic ring is 1. The van der Waals surface area contributed by atoms with E-state index in [2.05, 4.69) is 35.1 Å². The Bertz CT molecular complexity index is 1380. The number of hydrogen-bond acceptors (Lipinski definition) is 8. The maximum atomic E-state index is 13.6. The van der Waals surface area contributed by atoms with Crippen molar-refractivity contribution in [3.05, 3.63) is 41.2 Å². The molecule has 0 radical (unpaired) electrons. The number of carbonyl (C=O) groups excluding carboxylic acids is 2. The molecule has 4 saturated heterocycles. The lowest BCUT2D eigenvalue weighted by Gasteiger charge is -2.38. The third-order valence-corrected chi connectivity index (χ3v) is 8.19. The van der Waals surface area contributed by atoms with Crippen LogP contribution in [0.15, 0.2) is 24.8 Å². The molecule has 13 heteroatoms. The molecule has 7 rings (SSSR count). The Hall–Kier alpha value is -3.51. The number of nitrogens with zero attached hydrogens (tertiary/aromatic N) is 7. The molecule has 0 aromatic carbocycles. The van der Waals surface area contributed by atoms with Gasteiger partial charge in [0.25, 0.3) is 5.91 Å². The highest BCUT2D eigenvalue weighted by molar-refractivity contribution is 6.34. The second-order valence-electron chi connectivity index (χ2n) is 10.1. The van der Waals surface area contributed by atoms with E-state index in [-0.39, 0.29) is 28.9 Å². The summed E-state index contributed by atoms with van der Waals surface area (Å²) in [6, 6.07) is 0.356. The number of hydrogen-bond donors (Lipinski definition) is 2. The van der Waals surface area contributed by atoms with E-state index in [9.17, 15) is 14.0 Å². The van der Waals surface area contributed by atoms with Crippen molar-refractivity contribution in [3.8, 4) is 0 Å². The van der Waals surface area contributed by atoms with E-state index >= 15 is 0 Å². The van der Waals surface area contributed by atoms with E-state index in [1.165, 1.54) is 12.4 Å². The fourth-order valence-corrected chi connectivity index (χ4v) is 6.21. The van der Waals surface area contributed by atoms with Gasteiger partial charge in [0.05, 0.1) is 35.0 Å². The molecule has 0 saturated carbocycles. The monoisotopic (exact) mass is 541 g/mol. The van der Waals surface area contributed by atoms with Crippen LogP contribution in [-0.2, 0) is 4.79 Å². The molecule has 3 aromatic rings. The molecule has 2 bridgehead atoms. The topological polar surface area (TPSA) is 125 Å². The van der Waals surface area contributed by atoms with Crippen molar-refractivity contribution in [2.75, 3.05) is 55.2 Å². The van der Waals surface area contributed by atoms with E-state index in [1.807, 2.05) is 0 Å². The highest BCUT2D eigenvalue weighted by Crippen LogP contribution is 2.37. The quantitative estimate of drug-likeness (QED) is 0.515. The van der Waals surface area contributed by atoms with Crippen LogP contribution in [-0.4, -0.2) is 86.5 Å². The van der Waals surface area contributed by atoms with Crippen LogP contribution in [0.1, 0.15) is 36.0 Å². The minimum Gasteiger partial charge on any atom is -0.381 e. The molecule has 0 aliphatic carbocycles. The summed E-state index contributed by atoms with van der Waals surface area (Å²) in [5, 5.41) is 7.21.